The number of nitrogens with one attached hydrogen (secondary N) is 2. The van der Waals surface area contributed by atoms with Crippen LogP contribution in [0.3, 0.4) is 0 Å². The van der Waals surface area contributed by atoms with E-state index in [1.54, 1.807) is 42.5 Å². The largest absolute Gasteiger partial charge is 0.374 e. The highest BCUT2D eigenvalue weighted by Crippen LogP contribution is 2.12. The average molecular weight is 269 g/mol. The lowest BCUT2D eigenvalue weighted by molar-refractivity contribution is -0.114. The molecule has 0 saturated carbocycles. The number of nitrogens with zero attached hydrogens (tertiary/aromatic N) is 1. The Morgan fingerprint density at radius 3 is 2.50 bits per heavy atom. The molecule has 0 aromatic heterocycles. The molecule has 5 heteroatoms. The first-order valence-electron chi connectivity index (χ1n) is 5.97. The molecule has 0 atom stereocenters. The second-order valence-electron chi connectivity index (χ2n) is 4.07. The minimum absolute atomic E-state index is 0.0407. The zero-order valence-electron chi connectivity index (χ0n) is 10.6. The van der Waals surface area contributed by atoms with E-state index in [2.05, 4.69) is 10.6 Å². The Labute approximate surface area is 115 Å². The summed E-state index contributed by atoms with van der Waals surface area (Å²) < 4.78 is 13.3. The summed E-state index contributed by atoms with van der Waals surface area (Å²) in [6, 6.07) is 14.6. The summed E-state index contributed by atoms with van der Waals surface area (Å²) >= 11 is 0. The van der Waals surface area contributed by atoms with Crippen LogP contribution in [0.15, 0.2) is 48.5 Å². The Morgan fingerprint density at radius 2 is 1.85 bits per heavy atom. The van der Waals surface area contributed by atoms with E-state index in [0.29, 0.717) is 11.3 Å². The van der Waals surface area contributed by atoms with E-state index < -0.39 is 5.82 Å². The molecule has 4 nitrogen and oxygen atoms in total. The number of hydrogen-bond acceptors (Lipinski definition) is 3. The van der Waals surface area contributed by atoms with E-state index in [4.69, 9.17) is 5.26 Å². The molecule has 2 rings (SSSR count). The van der Waals surface area contributed by atoms with Crippen LogP contribution in [0, 0.1) is 17.1 Å². The van der Waals surface area contributed by atoms with E-state index in [0.717, 1.165) is 0 Å². The average Bonchev–Trinajstić information content (AvgIpc) is 2.47. The van der Waals surface area contributed by atoms with Crippen LogP contribution >= 0.6 is 0 Å². The summed E-state index contributed by atoms with van der Waals surface area (Å²) in [7, 11) is 0. The third kappa shape index (κ3) is 3.56. The number of benzene rings is 2. The van der Waals surface area contributed by atoms with Gasteiger partial charge in [0.25, 0.3) is 0 Å². The molecule has 0 radical (unpaired) electrons. The minimum Gasteiger partial charge on any atom is -0.374 e. The molecule has 0 fully saturated rings. The van der Waals surface area contributed by atoms with Crippen LogP contribution in [-0.2, 0) is 4.79 Å². The van der Waals surface area contributed by atoms with Crippen molar-refractivity contribution in [2.75, 3.05) is 17.2 Å². The summed E-state index contributed by atoms with van der Waals surface area (Å²) in [4.78, 5) is 11.7. The Morgan fingerprint density at radius 1 is 1.15 bits per heavy atom. The van der Waals surface area contributed by atoms with Crippen LogP contribution in [0.5, 0.6) is 0 Å². The van der Waals surface area contributed by atoms with Crippen LogP contribution in [0.25, 0.3) is 0 Å². The highest BCUT2D eigenvalue weighted by molar-refractivity contribution is 5.93. The second kappa shape index (κ2) is 6.34. The lowest BCUT2D eigenvalue weighted by atomic mass is 10.2. The van der Waals surface area contributed by atoms with E-state index in [-0.39, 0.29) is 18.1 Å². The van der Waals surface area contributed by atoms with Gasteiger partial charge in [-0.2, -0.15) is 5.26 Å². The number of para-hydroxylation sites is 1. The van der Waals surface area contributed by atoms with Crippen LogP contribution in [0.4, 0.5) is 15.8 Å². The SMILES string of the molecule is N#Cc1ccc(NC(=O)CNc2ccccc2F)cc1. The van der Waals surface area contributed by atoms with Crippen LogP contribution in [0.1, 0.15) is 5.56 Å². The molecular formula is C15H12FN3O. The van der Waals surface area contributed by atoms with Gasteiger partial charge in [-0.1, -0.05) is 12.1 Å². The normalized spacial score (nSPS) is 9.60. The monoisotopic (exact) mass is 269 g/mol. The zero-order valence-corrected chi connectivity index (χ0v) is 10.6. The molecule has 0 aliphatic heterocycles. The van der Waals surface area contributed by atoms with Crippen molar-refractivity contribution >= 4 is 17.3 Å². The topological polar surface area (TPSA) is 64.9 Å². The molecule has 0 heterocycles. The number of rotatable bonds is 4. The molecule has 20 heavy (non-hydrogen) atoms. The molecule has 0 spiro atoms. The summed E-state index contributed by atoms with van der Waals surface area (Å²) in [5.74, 6) is -0.698. The first-order valence-corrected chi connectivity index (χ1v) is 5.97. The number of halogens is 1. The van der Waals surface area contributed by atoms with Gasteiger partial charge in [-0.3, -0.25) is 4.79 Å². The molecule has 2 aromatic rings. The van der Waals surface area contributed by atoms with Crippen LogP contribution < -0.4 is 10.6 Å². The number of hydrogen-bond donors (Lipinski definition) is 2. The fourth-order valence-electron chi connectivity index (χ4n) is 1.61. The van der Waals surface area contributed by atoms with Gasteiger partial charge in [0, 0.05) is 5.69 Å². The number of amides is 1. The number of carbonyl (C=O) groups is 1. The van der Waals surface area contributed by atoms with Crippen molar-refractivity contribution in [1.82, 2.24) is 0 Å². The van der Waals surface area contributed by atoms with Crippen molar-refractivity contribution in [3.05, 3.63) is 59.9 Å². The third-order valence-corrected chi connectivity index (χ3v) is 2.61. The maximum absolute atomic E-state index is 13.3. The molecule has 0 aliphatic carbocycles. The Kier molecular flexibility index (Phi) is 4.30. The predicted molar refractivity (Wildman–Crippen MR) is 74.7 cm³/mol. The van der Waals surface area contributed by atoms with Crippen LogP contribution in [-0.4, -0.2) is 12.5 Å². The van der Waals surface area contributed by atoms with Crippen molar-refractivity contribution in [1.29, 1.82) is 5.26 Å². The fraction of sp³-hybridized carbons (Fsp3) is 0.0667. The number of carbonyl (C=O) groups excluding carboxylic acids is 1. The molecule has 2 N–H and O–H groups in total. The van der Waals surface area contributed by atoms with Gasteiger partial charge < -0.3 is 10.6 Å². The van der Waals surface area contributed by atoms with Gasteiger partial charge in [-0.05, 0) is 36.4 Å². The third-order valence-electron chi connectivity index (χ3n) is 2.61. The maximum Gasteiger partial charge on any atom is 0.243 e. The number of anilines is 2. The summed E-state index contributed by atoms with van der Waals surface area (Å²) in [5, 5.41) is 14.0. The minimum atomic E-state index is -0.404. The molecular weight excluding hydrogens is 257 g/mol. The Balaban J connectivity index is 1.89. The first kappa shape index (κ1) is 13.6. The van der Waals surface area contributed by atoms with Gasteiger partial charge in [0.1, 0.15) is 5.82 Å². The Hall–Kier alpha value is -2.87. The van der Waals surface area contributed by atoms with Gasteiger partial charge in [-0.25, -0.2) is 4.39 Å². The van der Waals surface area contributed by atoms with E-state index in [1.165, 1.54) is 6.07 Å². The van der Waals surface area contributed by atoms with Crippen molar-refractivity contribution in [2.24, 2.45) is 0 Å². The summed E-state index contributed by atoms with van der Waals surface area (Å²) in [6.07, 6.45) is 0. The second-order valence-corrected chi connectivity index (χ2v) is 4.07. The highest BCUT2D eigenvalue weighted by atomic mass is 19.1. The molecule has 1 amide bonds. The molecule has 0 saturated heterocycles. The first-order chi connectivity index (χ1) is 9.69. The predicted octanol–water partition coefficient (Wildman–Crippen LogP) is 2.75. The van der Waals surface area contributed by atoms with Crippen molar-refractivity contribution in [3.8, 4) is 6.07 Å². The van der Waals surface area contributed by atoms with Crippen LogP contribution in [0.2, 0.25) is 0 Å². The van der Waals surface area contributed by atoms with Gasteiger partial charge >= 0.3 is 0 Å². The standard InChI is InChI=1S/C15H12FN3O/c16-13-3-1-2-4-14(13)18-10-15(20)19-12-7-5-11(9-17)6-8-12/h1-8,18H,10H2,(H,19,20). The molecule has 0 aliphatic rings. The lowest BCUT2D eigenvalue weighted by Gasteiger charge is -2.08. The molecule has 0 unspecified atom stereocenters. The van der Waals surface area contributed by atoms with Gasteiger partial charge in [-0.15, -0.1) is 0 Å². The Bertz CT molecular complexity index is 647. The van der Waals surface area contributed by atoms with Gasteiger partial charge in [0.05, 0.1) is 23.9 Å². The summed E-state index contributed by atoms with van der Waals surface area (Å²) in [5.41, 5.74) is 1.39. The van der Waals surface area contributed by atoms with E-state index in [1.807, 2.05) is 6.07 Å². The van der Waals surface area contributed by atoms with Crippen molar-refractivity contribution in [3.63, 3.8) is 0 Å². The van der Waals surface area contributed by atoms with Gasteiger partial charge in [0.2, 0.25) is 5.91 Å². The highest BCUT2D eigenvalue weighted by Gasteiger charge is 2.04. The summed E-state index contributed by atoms with van der Waals surface area (Å²) in [6.45, 7) is -0.0407. The quantitative estimate of drug-likeness (QED) is 0.897. The zero-order chi connectivity index (χ0) is 14.4. The van der Waals surface area contributed by atoms with Crippen molar-refractivity contribution < 1.29 is 9.18 Å². The van der Waals surface area contributed by atoms with Gasteiger partial charge in [0.15, 0.2) is 0 Å². The molecule has 2 aromatic carbocycles. The molecule has 100 valence electrons. The van der Waals surface area contributed by atoms with E-state index >= 15 is 0 Å². The fourth-order valence-corrected chi connectivity index (χ4v) is 1.61. The lowest BCUT2D eigenvalue weighted by Crippen LogP contribution is -2.22. The number of nitriles is 1. The van der Waals surface area contributed by atoms with Crippen molar-refractivity contribution in [2.45, 2.75) is 0 Å². The smallest absolute Gasteiger partial charge is 0.243 e. The molecule has 0 bridgehead atoms. The van der Waals surface area contributed by atoms with E-state index in [9.17, 15) is 9.18 Å². The maximum atomic E-state index is 13.3.